The first-order chi connectivity index (χ1) is 11.4. The van der Waals surface area contributed by atoms with Crippen LogP contribution in [0.2, 0.25) is 0 Å². The van der Waals surface area contributed by atoms with E-state index >= 15 is 0 Å². The van der Waals surface area contributed by atoms with Gasteiger partial charge in [-0.2, -0.15) is 0 Å². The molecule has 2 rings (SSSR count). The Bertz CT molecular complexity index is 575. The number of hydrogen-bond acceptors (Lipinski definition) is 3. The third-order valence-electron chi connectivity index (χ3n) is 4.90. The molecule has 1 aliphatic carbocycles. The second-order valence-electron chi connectivity index (χ2n) is 6.96. The van der Waals surface area contributed by atoms with Crippen molar-refractivity contribution in [1.82, 2.24) is 4.90 Å². The maximum absolute atomic E-state index is 12.4. The van der Waals surface area contributed by atoms with Crippen molar-refractivity contribution >= 4 is 29.9 Å². The molecule has 5 nitrogen and oxygen atoms in total. The van der Waals surface area contributed by atoms with Crippen molar-refractivity contribution in [3.8, 4) is 0 Å². The van der Waals surface area contributed by atoms with Crippen LogP contribution in [0.15, 0.2) is 24.3 Å². The SMILES string of the molecule is CC(=O)N(Cc1ccc(NC(=O)[C@@H]2CCC[C@@H]2CN)cc1)C(C)C.Cl. The van der Waals surface area contributed by atoms with Crippen LogP contribution in [0.4, 0.5) is 5.69 Å². The number of hydrogen-bond donors (Lipinski definition) is 2. The van der Waals surface area contributed by atoms with Crippen molar-refractivity contribution in [2.24, 2.45) is 17.6 Å². The number of halogens is 1. The fourth-order valence-corrected chi connectivity index (χ4v) is 3.45. The fraction of sp³-hybridized carbons (Fsp3) is 0.579. The summed E-state index contributed by atoms with van der Waals surface area (Å²) in [5, 5.41) is 3.00. The quantitative estimate of drug-likeness (QED) is 0.810. The number of amides is 2. The molecule has 1 fully saturated rings. The Balaban J connectivity index is 0.00000312. The molecular weight excluding hydrogens is 338 g/mol. The van der Waals surface area contributed by atoms with Crippen molar-refractivity contribution in [2.75, 3.05) is 11.9 Å². The number of carbonyl (C=O) groups excluding carboxylic acids is 2. The molecule has 2 atom stereocenters. The molecule has 0 aliphatic heterocycles. The van der Waals surface area contributed by atoms with E-state index in [2.05, 4.69) is 5.32 Å². The second-order valence-corrected chi connectivity index (χ2v) is 6.96. The van der Waals surface area contributed by atoms with Crippen LogP contribution >= 0.6 is 12.4 Å². The van der Waals surface area contributed by atoms with E-state index in [1.807, 2.05) is 43.0 Å². The minimum atomic E-state index is 0. The Labute approximate surface area is 156 Å². The predicted molar refractivity (Wildman–Crippen MR) is 104 cm³/mol. The Hall–Kier alpha value is -1.59. The highest BCUT2D eigenvalue weighted by Gasteiger charge is 2.31. The van der Waals surface area contributed by atoms with Gasteiger partial charge in [-0.05, 0) is 56.8 Å². The molecule has 0 saturated heterocycles. The summed E-state index contributed by atoms with van der Waals surface area (Å²) in [5.41, 5.74) is 7.61. The average Bonchev–Trinajstić information content (AvgIpc) is 3.02. The molecule has 2 amide bonds. The monoisotopic (exact) mass is 367 g/mol. The maximum Gasteiger partial charge on any atom is 0.227 e. The van der Waals surface area contributed by atoms with Gasteiger partial charge in [0.2, 0.25) is 11.8 Å². The van der Waals surface area contributed by atoms with Crippen molar-refractivity contribution < 1.29 is 9.59 Å². The van der Waals surface area contributed by atoms with E-state index in [1.54, 1.807) is 6.92 Å². The third kappa shape index (κ3) is 5.72. The van der Waals surface area contributed by atoms with Crippen molar-refractivity contribution in [1.29, 1.82) is 0 Å². The standard InChI is InChI=1S/C19H29N3O2.ClH/c1-13(2)22(14(3)23)12-15-7-9-17(10-8-15)21-19(24)18-6-4-5-16(18)11-20;/h7-10,13,16,18H,4-6,11-12,20H2,1-3H3,(H,21,24);1H/t16-,18-;/m1./s1. The molecule has 0 spiro atoms. The van der Waals surface area contributed by atoms with Crippen LogP contribution in [0.5, 0.6) is 0 Å². The second kappa shape index (κ2) is 9.78. The summed E-state index contributed by atoms with van der Waals surface area (Å²) in [5.74, 6) is 0.475. The summed E-state index contributed by atoms with van der Waals surface area (Å²) in [4.78, 5) is 25.9. The van der Waals surface area contributed by atoms with Crippen LogP contribution in [0.3, 0.4) is 0 Å². The van der Waals surface area contributed by atoms with Gasteiger partial charge in [-0.1, -0.05) is 18.6 Å². The summed E-state index contributed by atoms with van der Waals surface area (Å²) in [6.45, 7) is 6.76. The highest BCUT2D eigenvalue weighted by Crippen LogP contribution is 2.31. The number of anilines is 1. The minimum absolute atomic E-state index is 0. The molecule has 0 aromatic heterocycles. The molecule has 1 aliphatic rings. The molecule has 1 saturated carbocycles. The van der Waals surface area contributed by atoms with Gasteiger partial charge in [0.15, 0.2) is 0 Å². The molecular formula is C19H30ClN3O2. The molecule has 1 aromatic carbocycles. The lowest BCUT2D eigenvalue weighted by atomic mass is 9.95. The summed E-state index contributed by atoms with van der Waals surface area (Å²) >= 11 is 0. The van der Waals surface area contributed by atoms with Crippen LogP contribution in [-0.4, -0.2) is 29.3 Å². The zero-order valence-corrected chi connectivity index (χ0v) is 16.1. The lowest BCUT2D eigenvalue weighted by Gasteiger charge is -2.25. The van der Waals surface area contributed by atoms with Gasteiger partial charge in [0.1, 0.15) is 0 Å². The Morgan fingerprint density at radius 3 is 2.40 bits per heavy atom. The van der Waals surface area contributed by atoms with Crippen LogP contribution in [0.25, 0.3) is 0 Å². The number of rotatable bonds is 6. The molecule has 140 valence electrons. The van der Waals surface area contributed by atoms with Gasteiger partial charge in [0.25, 0.3) is 0 Å². The van der Waals surface area contributed by atoms with E-state index in [4.69, 9.17) is 5.73 Å². The van der Waals surface area contributed by atoms with Crippen LogP contribution in [0.1, 0.15) is 45.6 Å². The number of nitrogens with one attached hydrogen (secondary N) is 1. The molecule has 0 unspecified atom stereocenters. The molecule has 6 heteroatoms. The Morgan fingerprint density at radius 1 is 1.24 bits per heavy atom. The number of nitrogens with zero attached hydrogens (tertiary/aromatic N) is 1. The van der Waals surface area contributed by atoms with E-state index in [1.165, 1.54) is 0 Å². The van der Waals surface area contributed by atoms with Gasteiger partial charge in [0, 0.05) is 31.1 Å². The number of benzene rings is 1. The lowest BCUT2D eigenvalue weighted by molar-refractivity contribution is -0.131. The van der Waals surface area contributed by atoms with Crippen LogP contribution in [0, 0.1) is 11.8 Å². The largest absolute Gasteiger partial charge is 0.336 e. The fourth-order valence-electron chi connectivity index (χ4n) is 3.45. The van der Waals surface area contributed by atoms with Crippen molar-refractivity contribution in [3.05, 3.63) is 29.8 Å². The van der Waals surface area contributed by atoms with Gasteiger partial charge in [-0.3, -0.25) is 9.59 Å². The van der Waals surface area contributed by atoms with E-state index < -0.39 is 0 Å². The highest BCUT2D eigenvalue weighted by molar-refractivity contribution is 5.93. The smallest absolute Gasteiger partial charge is 0.227 e. The topological polar surface area (TPSA) is 75.4 Å². The first kappa shape index (κ1) is 21.5. The molecule has 0 bridgehead atoms. The number of nitrogens with two attached hydrogens (primary N) is 1. The first-order valence-corrected chi connectivity index (χ1v) is 8.79. The third-order valence-corrected chi connectivity index (χ3v) is 4.90. The van der Waals surface area contributed by atoms with E-state index in [0.717, 1.165) is 30.5 Å². The Morgan fingerprint density at radius 2 is 1.88 bits per heavy atom. The normalized spacial score (nSPS) is 19.4. The average molecular weight is 368 g/mol. The van der Waals surface area contributed by atoms with Crippen LogP contribution < -0.4 is 11.1 Å². The Kier molecular flexibility index (Phi) is 8.39. The minimum Gasteiger partial charge on any atom is -0.336 e. The highest BCUT2D eigenvalue weighted by atomic mass is 35.5. The molecule has 0 heterocycles. The molecule has 3 N–H and O–H groups in total. The predicted octanol–water partition coefficient (Wildman–Crippen LogP) is 3.18. The summed E-state index contributed by atoms with van der Waals surface area (Å²) < 4.78 is 0. The van der Waals surface area contributed by atoms with Gasteiger partial charge < -0.3 is 16.0 Å². The van der Waals surface area contributed by atoms with E-state index in [0.29, 0.717) is 19.0 Å². The van der Waals surface area contributed by atoms with Gasteiger partial charge in [0.05, 0.1) is 0 Å². The zero-order valence-electron chi connectivity index (χ0n) is 15.3. The summed E-state index contributed by atoms with van der Waals surface area (Å²) in [6, 6.07) is 7.89. The van der Waals surface area contributed by atoms with E-state index in [9.17, 15) is 9.59 Å². The van der Waals surface area contributed by atoms with Crippen molar-refractivity contribution in [3.63, 3.8) is 0 Å². The maximum atomic E-state index is 12.4. The van der Waals surface area contributed by atoms with Gasteiger partial charge in [-0.25, -0.2) is 0 Å². The number of carbonyl (C=O) groups is 2. The first-order valence-electron chi connectivity index (χ1n) is 8.79. The zero-order chi connectivity index (χ0) is 17.7. The molecule has 0 radical (unpaired) electrons. The molecule has 25 heavy (non-hydrogen) atoms. The van der Waals surface area contributed by atoms with Gasteiger partial charge >= 0.3 is 0 Å². The molecule has 1 aromatic rings. The lowest BCUT2D eigenvalue weighted by Crippen LogP contribution is -2.34. The van der Waals surface area contributed by atoms with E-state index in [-0.39, 0.29) is 36.2 Å². The van der Waals surface area contributed by atoms with Gasteiger partial charge in [-0.15, -0.1) is 12.4 Å². The summed E-state index contributed by atoms with van der Waals surface area (Å²) in [7, 11) is 0. The summed E-state index contributed by atoms with van der Waals surface area (Å²) in [6.07, 6.45) is 3.05. The van der Waals surface area contributed by atoms with Crippen LogP contribution in [-0.2, 0) is 16.1 Å². The van der Waals surface area contributed by atoms with Crippen molar-refractivity contribution in [2.45, 2.75) is 52.6 Å².